The molecule has 2 N–H and O–H groups in total. The minimum Gasteiger partial charge on any atom is -0.600 e. The van der Waals surface area contributed by atoms with Gasteiger partial charge in [-0.15, -0.1) is 0 Å². The summed E-state index contributed by atoms with van der Waals surface area (Å²) in [4.78, 5) is 23.8. The van der Waals surface area contributed by atoms with Crippen molar-refractivity contribution < 1.29 is 24.7 Å². The summed E-state index contributed by atoms with van der Waals surface area (Å²) in [5.41, 5.74) is 1.68. The van der Waals surface area contributed by atoms with Gasteiger partial charge in [0.1, 0.15) is 6.54 Å². The molecule has 0 aromatic heterocycles. The number of rotatable bonds is 10. The van der Waals surface area contributed by atoms with E-state index >= 15 is 0 Å². The molecular formula is C24H34N2O5. The van der Waals surface area contributed by atoms with E-state index in [-0.39, 0.29) is 37.8 Å². The van der Waals surface area contributed by atoms with Gasteiger partial charge in [0.25, 0.3) is 0 Å². The quantitative estimate of drug-likeness (QED) is 0.227. The molecular weight excluding hydrogens is 396 g/mol. The Kier molecular flexibility index (Phi) is 5.73. The number of fused-ring (bicyclic) bond motifs is 2. The molecule has 31 heavy (non-hydrogen) atoms. The van der Waals surface area contributed by atoms with Gasteiger partial charge >= 0.3 is 11.9 Å². The molecule has 0 aromatic carbocycles. The Morgan fingerprint density at radius 1 is 1.00 bits per heavy atom. The van der Waals surface area contributed by atoms with E-state index in [0.29, 0.717) is 16.7 Å². The second-order valence-electron chi connectivity index (χ2n) is 10.4. The van der Waals surface area contributed by atoms with Gasteiger partial charge in [0.15, 0.2) is 6.54 Å². The van der Waals surface area contributed by atoms with Crippen molar-refractivity contribution in [1.82, 2.24) is 0 Å². The van der Waals surface area contributed by atoms with Crippen molar-refractivity contribution in [3.63, 3.8) is 0 Å². The maximum Gasteiger partial charge on any atom is 0.304 e. The number of carboxylic acid groups (broad SMARTS) is 2. The smallest absolute Gasteiger partial charge is 0.304 e. The van der Waals surface area contributed by atoms with Gasteiger partial charge in [-0.1, -0.05) is 42.0 Å². The molecule has 0 radical (unpaired) electrons. The van der Waals surface area contributed by atoms with Gasteiger partial charge < -0.3 is 15.4 Å². The molecule has 170 valence electrons. The van der Waals surface area contributed by atoms with E-state index in [1.54, 1.807) is 0 Å². The molecule has 7 heteroatoms. The molecule has 4 rings (SSSR count). The molecule has 0 amide bonds. The van der Waals surface area contributed by atoms with Crippen molar-refractivity contribution in [2.24, 2.45) is 39.6 Å². The van der Waals surface area contributed by atoms with Gasteiger partial charge in [-0.05, 0) is 67.3 Å². The molecule has 6 atom stereocenters. The number of carbonyl (C=O) groups is 2. The van der Waals surface area contributed by atoms with Crippen molar-refractivity contribution in [1.29, 1.82) is 0 Å². The first kappa shape index (κ1) is 22.0. The zero-order chi connectivity index (χ0) is 22.4. The van der Waals surface area contributed by atoms with Gasteiger partial charge in [-0.2, -0.15) is 0 Å². The second kappa shape index (κ2) is 8.06. The van der Waals surface area contributed by atoms with Crippen molar-refractivity contribution in [2.45, 2.75) is 65.2 Å². The lowest BCUT2D eigenvalue weighted by molar-refractivity contribution is -0.553. The molecule has 2 saturated carbocycles. The third kappa shape index (κ3) is 3.92. The second-order valence-corrected chi connectivity index (χ2v) is 10.4. The molecule has 0 heterocycles. The van der Waals surface area contributed by atoms with Crippen LogP contribution in [0.4, 0.5) is 0 Å². The summed E-state index contributed by atoms with van der Waals surface area (Å²) in [6.45, 7) is 4.50. The Labute approximate surface area is 183 Å². The summed E-state index contributed by atoms with van der Waals surface area (Å²) >= 11 is 0. The lowest BCUT2D eigenvalue weighted by atomic mass is 9.53. The molecule has 2 fully saturated rings. The van der Waals surface area contributed by atoms with Crippen LogP contribution in [0.1, 0.15) is 65.2 Å². The fourth-order valence-electron chi connectivity index (χ4n) is 7.09. The van der Waals surface area contributed by atoms with Gasteiger partial charge in [-0.3, -0.25) is 9.59 Å². The highest BCUT2D eigenvalue weighted by Crippen LogP contribution is 2.61. The van der Waals surface area contributed by atoms with Crippen LogP contribution in [-0.2, 0) is 9.59 Å². The third-order valence-corrected chi connectivity index (χ3v) is 8.55. The molecule has 0 spiro atoms. The van der Waals surface area contributed by atoms with Crippen LogP contribution in [0.25, 0.3) is 0 Å². The van der Waals surface area contributed by atoms with E-state index in [1.807, 2.05) is 0 Å². The summed E-state index contributed by atoms with van der Waals surface area (Å²) in [7, 11) is 0. The van der Waals surface area contributed by atoms with Crippen molar-refractivity contribution in [3.05, 3.63) is 28.5 Å². The fourth-order valence-corrected chi connectivity index (χ4v) is 7.09. The molecule has 4 aliphatic carbocycles. The molecule has 0 aromatic rings. The predicted molar refractivity (Wildman–Crippen MR) is 114 cm³/mol. The van der Waals surface area contributed by atoms with E-state index in [9.17, 15) is 25.0 Å². The SMILES string of the molecule is CCC1=C[C@@H]2[C@H](C1)C[C@]2(CN=[N+]([O-])C[C@@]1(CC(=O)O)C[C@@H]2CC(CC)=C[C@@H]21)CC(=O)O. The number of aliphatic carboxylic acids is 2. The van der Waals surface area contributed by atoms with E-state index in [4.69, 9.17) is 0 Å². The fraction of sp³-hybridized carbons (Fsp3) is 0.750. The minimum atomic E-state index is -0.877. The monoisotopic (exact) mass is 430 g/mol. The first-order chi connectivity index (χ1) is 14.7. The highest BCUT2D eigenvalue weighted by Gasteiger charge is 2.59. The number of nitrogens with zero attached hydrogens (tertiary/aromatic N) is 2. The zero-order valence-electron chi connectivity index (χ0n) is 18.5. The number of hydroxylamine groups is 1. The van der Waals surface area contributed by atoms with Crippen molar-refractivity contribution >= 4 is 11.9 Å². The standard InChI is InChI=1S/C24H34N2O5/c1-3-15-5-17-9-23(11-21(27)28,19(17)7-15)13-25-26(31)14-24(12-22(29)30)10-18-6-16(4-2)8-20(18)24/h7-8,17-20H,3-6,9-14H2,1-2H3,(H,27,28)(H,29,30)/t17-,18+,19-,20+,23-,24+/m1/s1. The topological polar surface area (TPSA) is 113 Å². The van der Waals surface area contributed by atoms with E-state index < -0.39 is 22.8 Å². The number of hydrogen-bond donors (Lipinski definition) is 2. The summed E-state index contributed by atoms with van der Waals surface area (Å²) in [6, 6.07) is 0. The summed E-state index contributed by atoms with van der Waals surface area (Å²) < 4.78 is 0. The number of allylic oxidation sites excluding steroid dienone is 4. The lowest BCUT2D eigenvalue weighted by Gasteiger charge is -2.51. The van der Waals surface area contributed by atoms with Gasteiger partial charge in [0, 0.05) is 5.41 Å². The van der Waals surface area contributed by atoms with Crippen LogP contribution >= 0.6 is 0 Å². The van der Waals surface area contributed by atoms with Crippen molar-refractivity contribution in [2.75, 3.05) is 13.1 Å². The molecule has 0 unspecified atom stereocenters. The summed E-state index contributed by atoms with van der Waals surface area (Å²) in [6.07, 6.45) is 9.93. The molecule has 7 nitrogen and oxygen atoms in total. The minimum absolute atomic E-state index is 0.0204. The van der Waals surface area contributed by atoms with Crippen LogP contribution in [0.3, 0.4) is 0 Å². The molecule has 0 saturated heterocycles. The van der Waals surface area contributed by atoms with Crippen LogP contribution in [0.5, 0.6) is 0 Å². The van der Waals surface area contributed by atoms with Gasteiger partial charge in [0.2, 0.25) is 0 Å². The van der Waals surface area contributed by atoms with Crippen LogP contribution in [0.15, 0.2) is 28.4 Å². The summed E-state index contributed by atoms with van der Waals surface area (Å²) in [5, 5.41) is 36.1. The maximum atomic E-state index is 12.8. The van der Waals surface area contributed by atoms with Crippen LogP contribution < -0.4 is 0 Å². The maximum absolute atomic E-state index is 12.8. The molecule has 0 aliphatic heterocycles. The molecule has 4 aliphatic rings. The Bertz CT molecular complexity index is 862. The Hall–Kier alpha value is -2.18. The van der Waals surface area contributed by atoms with Gasteiger partial charge in [0.05, 0.1) is 18.3 Å². The Morgan fingerprint density at radius 3 is 2.00 bits per heavy atom. The van der Waals surface area contributed by atoms with Crippen LogP contribution in [0.2, 0.25) is 0 Å². The van der Waals surface area contributed by atoms with Crippen molar-refractivity contribution in [3.8, 4) is 0 Å². The lowest BCUT2D eigenvalue weighted by Crippen LogP contribution is -2.51. The largest absolute Gasteiger partial charge is 0.600 e. The third-order valence-electron chi connectivity index (χ3n) is 8.55. The number of hydrogen-bond acceptors (Lipinski definition) is 4. The van der Waals surface area contributed by atoms with Gasteiger partial charge in [-0.25, -0.2) is 0 Å². The number of azo groups is 1. The van der Waals surface area contributed by atoms with Crippen LogP contribution in [-0.4, -0.2) is 40.1 Å². The van der Waals surface area contributed by atoms with E-state index in [2.05, 4.69) is 31.1 Å². The number of carboxylic acids is 2. The normalized spacial score (nSPS) is 38.5. The van der Waals surface area contributed by atoms with Crippen LogP contribution in [0, 0.1) is 39.7 Å². The van der Waals surface area contributed by atoms with E-state index in [0.717, 1.165) is 38.5 Å². The highest BCUT2D eigenvalue weighted by molar-refractivity contribution is 5.68. The Morgan fingerprint density at radius 2 is 1.48 bits per heavy atom. The average molecular weight is 431 g/mol. The predicted octanol–water partition coefficient (Wildman–Crippen LogP) is 4.62. The van der Waals surface area contributed by atoms with E-state index in [1.165, 1.54) is 11.1 Å². The highest BCUT2D eigenvalue weighted by atomic mass is 16.5. The Balaban J connectivity index is 1.49. The first-order valence-electron chi connectivity index (χ1n) is 11.6. The first-order valence-corrected chi connectivity index (χ1v) is 11.6. The summed E-state index contributed by atoms with van der Waals surface area (Å²) in [5.74, 6) is -0.483. The zero-order valence-corrected chi connectivity index (χ0v) is 18.5. The molecule has 0 bridgehead atoms. The average Bonchev–Trinajstić information content (AvgIpc) is 3.22.